The van der Waals surface area contributed by atoms with Crippen molar-refractivity contribution in [1.82, 2.24) is 4.98 Å². The first-order chi connectivity index (χ1) is 3.80. The van der Waals surface area contributed by atoms with Gasteiger partial charge in [0.1, 0.15) is 5.84 Å². The highest BCUT2D eigenvalue weighted by atomic mass is 35.5. The zero-order chi connectivity index (χ0) is 5.98. The highest BCUT2D eigenvalue weighted by Gasteiger charge is 1.90. The minimum Gasteiger partial charge on any atom is -0.382 e. The molecule has 3 nitrogen and oxygen atoms in total. The van der Waals surface area contributed by atoms with Crippen LogP contribution in [0.2, 0.25) is 0 Å². The molecule has 1 aromatic heterocycles. The summed E-state index contributed by atoms with van der Waals surface area (Å²) in [5.41, 5.74) is 5.78. The molecule has 5 heteroatoms. The summed E-state index contributed by atoms with van der Waals surface area (Å²) in [6, 6.07) is 3.55. The maximum Gasteiger partial charge on any atom is 0.139 e. The second kappa shape index (κ2) is 5.14. The molecule has 0 spiro atoms. The monoisotopic (exact) mass is 181 g/mol. The first-order valence-electron chi connectivity index (χ1n) is 2.28. The van der Waals surface area contributed by atoms with Crippen LogP contribution in [-0.4, -0.2) is 10.8 Å². The molecule has 0 aliphatic rings. The van der Waals surface area contributed by atoms with Gasteiger partial charge in [-0.05, 0) is 12.1 Å². The predicted octanol–water partition coefficient (Wildman–Crippen LogP) is 1.14. The van der Waals surface area contributed by atoms with Crippen LogP contribution in [0.3, 0.4) is 0 Å². The van der Waals surface area contributed by atoms with Crippen molar-refractivity contribution in [3.05, 3.63) is 24.0 Å². The fourth-order valence-corrected chi connectivity index (χ4v) is 0.498. The highest BCUT2D eigenvalue weighted by Crippen LogP contribution is 1.89. The molecule has 0 saturated heterocycles. The Kier molecular flexibility index (Phi) is 6.20. The van der Waals surface area contributed by atoms with E-state index in [1.165, 1.54) is 0 Å². The number of halogens is 2. The van der Waals surface area contributed by atoms with Crippen molar-refractivity contribution in [2.45, 2.75) is 0 Å². The molecule has 1 aromatic rings. The molecule has 0 aliphatic carbocycles. The second-order valence-corrected chi connectivity index (χ2v) is 1.50. The summed E-state index contributed by atoms with van der Waals surface area (Å²) in [5.74, 6) is 0.0787. The third-order valence-electron chi connectivity index (χ3n) is 0.888. The molecule has 0 bridgehead atoms. The van der Waals surface area contributed by atoms with Gasteiger partial charge in [-0.15, -0.1) is 24.8 Å². The molecule has 0 atom stereocenters. The van der Waals surface area contributed by atoms with E-state index in [1.54, 1.807) is 18.3 Å². The minimum atomic E-state index is 0. The maximum absolute atomic E-state index is 6.90. The largest absolute Gasteiger partial charge is 0.382 e. The summed E-state index contributed by atoms with van der Waals surface area (Å²) < 4.78 is 0. The van der Waals surface area contributed by atoms with E-state index in [0.29, 0.717) is 5.69 Å². The summed E-state index contributed by atoms with van der Waals surface area (Å²) in [6.45, 7) is 0. The zero-order valence-corrected chi connectivity index (χ0v) is 6.76. The van der Waals surface area contributed by atoms with Crippen LogP contribution < -0.4 is 5.73 Å². The number of aromatic amines is 1. The Balaban J connectivity index is 0. The number of amidine groups is 1. The molecule has 4 N–H and O–H groups in total. The summed E-state index contributed by atoms with van der Waals surface area (Å²) in [7, 11) is 0. The quantitative estimate of drug-likeness (QED) is 0.442. The van der Waals surface area contributed by atoms with E-state index in [-0.39, 0.29) is 30.6 Å². The molecular formula is C5H9Cl2N3. The Hall–Kier alpha value is -0.670. The lowest BCUT2D eigenvalue weighted by Gasteiger charge is -1.86. The fourth-order valence-electron chi connectivity index (χ4n) is 0.498. The van der Waals surface area contributed by atoms with Gasteiger partial charge in [-0.2, -0.15) is 0 Å². The number of aromatic nitrogens is 1. The molecule has 0 unspecified atom stereocenters. The average molecular weight is 182 g/mol. The van der Waals surface area contributed by atoms with E-state index >= 15 is 0 Å². The van der Waals surface area contributed by atoms with Gasteiger partial charge in [0.05, 0.1) is 5.69 Å². The molecule has 0 saturated carbocycles. The van der Waals surface area contributed by atoms with Crippen LogP contribution in [0, 0.1) is 5.41 Å². The van der Waals surface area contributed by atoms with Crippen LogP contribution in [0.1, 0.15) is 5.69 Å². The van der Waals surface area contributed by atoms with Crippen molar-refractivity contribution in [1.29, 1.82) is 5.41 Å². The summed E-state index contributed by atoms with van der Waals surface area (Å²) >= 11 is 0. The third-order valence-corrected chi connectivity index (χ3v) is 0.888. The lowest BCUT2D eigenvalue weighted by atomic mass is 10.4. The van der Waals surface area contributed by atoms with Crippen molar-refractivity contribution < 1.29 is 0 Å². The molecule has 0 aromatic carbocycles. The summed E-state index contributed by atoms with van der Waals surface area (Å²) in [5, 5.41) is 6.90. The number of rotatable bonds is 1. The standard InChI is InChI=1S/C5H7N3.2ClH/c6-5(7)4-2-1-3-8-4;;/h1-3,8H,(H3,6,7);2*1H. The normalized spacial score (nSPS) is 7.20. The average Bonchev–Trinajstić information content (AvgIpc) is 2.12. The number of nitrogen functional groups attached to an aromatic ring is 1. The van der Waals surface area contributed by atoms with E-state index in [1.807, 2.05) is 0 Å². The van der Waals surface area contributed by atoms with E-state index in [9.17, 15) is 0 Å². The molecule has 58 valence electrons. The molecule has 10 heavy (non-hydrogen) atoms. The first kappa shape index (κ1) is 12.0. The topological polar surface area (TPSA) is 65.7 Å². The van der Waals surface area contributed by atoms with Crippen molar-refractivity contribution in [3.8, 4) is 0 Å². The van der Waals surface area contributed by atoms with Gasteiger partial charge in [-0.25, -0.2) is 0 Å². The molecule has 0 fully saturated rings. The number of nitrogens with one attached hydrogen (secondary N) is 2. The number of hydrogen-bond donors (Lipinski definition) is 3. The Morgan fingerprint density at radius 1 is 1.50 bits per heavy atom. The van der Waals surface area contributed by atoms with Gasteiger partial charge in [0.25, 0.3) is 0 Å². The van der Waals surface area contributed by atoms with Crippen LogP contribution in [-0.2, 0) is 0 Å². The second-order valence-electron chi connectivity index (χ2n) is 1.50. The minimum absolute atomic E-state index is 0. The summed E-state index contributed by atoms with van der Waals surface area (Å²) in [6.07, 6.45) is 1.73. The number of hydrogen-bond acceptors (Lipinski definition) is 1. The molecule has 1 rings (SSSR count). The smallest absolute Gasteiger partial charge is 0.139 e. The fraction of sp³-hybridized carbons (Fsp3) is 0. The number of H-pyrrole nitrogens is 1. The molecule has 0 radical (unpaired) electrons. The lowest BCUT2D eigenvalue weighted by Crippen LogP contribution is -2.10. The van der Waals surface area contributed by atoms with Gasteiger partial charge >= 0.3 is 0 Å². The van der Waals surface area contributed by atoms with Gasteiger partial charge in [-0.1, -0.05) is 0 Å². The van der Waals surface area contributed by atoms with Gasteiger partial charge in [0.15, 0.2) is 0 Å². The van der Waals surface area contributed by atoms with Crippen LogP contribution in [0.15, 0.2) is 18.3 Å². The van der Waals surface area contributed by atoms with Gasteiger partial charge in [-0.3, -0.25) is 5.41 Å². The Bertz CT molecular complexity index is 183. The van der Waals surface area contributed by atoms with Crippen LogP contribution in [0.25, 0.3) is 0 Å². The molecular weight excluding hydrogens is 173 g/mol. The Morgan fingerprint density at radius 2 is 2.10 bits per heavy atom. The van der Waals surface area contributed by atoms with Crippen molar-refractivity contribution >= 4 is 30.6 Å². The zero-order valence-electron chi connectivity index (χ0n) is 5.13. The number of nitrogens with two attached hydrogens (primary N) is 1. The Labute approximate surface area is 71.3 Å². The van der Waals surface area contributed by atoms with Crippen molar-refractivity contribution in [3.63, 3.8) is 0 Å². The summed E-state index contributed by atoms with van der Waals surface area (Å²) in [4.78, 5) is 2.79. The lowest BCUT2D eigenvalue weighted by molar-refractivity contribution is 1.31. The molecule has 0 aliphatic heterocycles. The molecule has 0 amide bonds. The van der Waals surface area contributed by atoms with E-state index < -0.39 is 0 Å². The van der Waals surface area contributed by atoms with Gasteiger partial charge in [0.2, 0.25) is 0 Å². The third kappa shape index (κ3) is 2.75. The first-order valence-corrected chi connectivity index (χ1v) is 2.28. The van der Waals surface area contributed by atoms with E-state index in [2.05, 4.69) is 4.98 Å². The highest BCUT2D eigenvalue weighted by molar-refractivity contribution is 5.92. The van der Waals surface area contributed by atoms with Crippen LogP contribution in [0.4, 0.5) is 0 Å². The van der Waals surface area contributed by atoms with E-state index in [4.69, 9.17) is 11.1 Å². The van der Waals surface area contributed by atoms with Crippen molar-refractivity contribution in [2.75, 3.05) is 0 Å². The maximum atomic E-state index is 6.90. The SMILES string of the molecule is Cl.Cl.N=C(N)c1ccc[nH]1. The van der Waals surface area contributed by atoms with Crippen molar-refractivity contribution in [2.24, 2.45) is 5.73 Å². The van der Waals surface area contributed by atoms with Crippen LogP contribution in [0.5, 0.6) is 0 Å². The predicted molar refractivity (Wildman–Crippen MR) is 46.3 cm³/mol. The van der Waals surface area contributed by atoms with Gasteiger partial charge in [0, 0.05) is 6.20 Å². The molecule has 1 heterocycles. The van der Waals surface area contributed by atoms with E-state index in [0.717, 1.165) is 0 Å². The Morgan fingerprint density at radius 3 is 2.30 bits per heavy atom. The van der Waals surface area contributed by atoms with Crippen LogP contribution >= 0.6 is 24.8 Å². The van der Waals surface area contributed by atoms with Gasteiger partial charge < -0.3 is 10.7 Å².